The first-order valence-corrected chi connectivity index (χ1v) is 13.2. The first kappa shape index (κ1) is 26.0. The van der Waals surface area contributed by atoms with Gasteiger partial charge in [0, 0.05) is 22.7 Å². The van der Waals surface area contributed by atoms with E-state index in [1.165, 1.54) is 0 Å². The molecule has 1 aromatic carbocycles. The van der Waals surface area contributed by atoms with E-state index in [0.29, 0.717) is 53.4 Å². The first-order chi connectivity index (χ1) is 19.1. The van der Waals surface area contributed by atoms with Crippen molar-refractivity contribution in [3.8, 4) is 22.8 Å². The number of halogens is 1. The number of nitrogens with one attached hydrogen (secondary N) is 2. The number of hydrogen-bond acceptors (Lipinski definition) is 9. The SMILES string of the molecule is Cc1cc([C@@H](C)Nc2ccc(Cl)nc2-c2noc(=O)[nH]2)c2oc(-c3cnn(CC4(C)COC4)c3)c(C)c(=O)c2c1. The fourth-order valence-electron chi connectivity index (χ4n) is 5.04. The van der Waals surface area contributed by atoms with Gasteiger partial charge in [-0.15, -0.1) is 0 Å². The highest BCUT2D eigenvalue weighted by Gasteiger charge is 2.34. The van der Waals surface area contributed by atoms with Crippen LogP contribution in [-0.4, -0.2) is 38.1 Å². The number of hydrogen-bond donors (Lipinski definition) is 2. The van der Waals surface area contributed by atoms with E-state index in [2.05, 4.69) is 37.0 Å². The number of pyridine rings is 1. The minimum Gasteiger partial charge on any atom is -0.455 e. The van der Waals surface area contributed by atoms with Crippen LogP contribution < -0.4 is 16.5 Å². The van der Waals surface area contributed by atoms with Crippen molar-refractivity contribution in [2.45, 2.75) is 40.3 Å². The van der Waals surface area contributed by atoms with Crippen molar-refractivity contribution in [3.05, 3.63) is 79.3 Å². The number of H-pyrrole nitrogens is 1. The Hall–Kier alpha value is -4.22. The van der Waals surface area contributed by atoms with Gasteiger partial charge in [0.05, 0.1) is 48.6 Å². The van der Waals surface area contributed by atoms with Gasteiger partial charge in [0.15, 0.2) is 5.43 Å². The van der Waals surface area contributed by atoms with E-state index in [-0.39, 0.29) is 27.9 Å². The van der Waals surface area contributed by atoms with Crippen LogP contribution in [0.3, 0.4) is 0 Å². The van der Waals surface area contributed by atoms with Gasteiger partial charge in [-0.2, -0.15) is 5.10 Å². The van der Waals surface area contributed by atoms with E-state index < -0.39 is 5.76 Å². The number of ether oxygens (including phenoxy) is 1. The van der Waals surface area contributed by atoms with E-state index >= 15 is 0 Å². The van der Waals surface area contributed by atoms with Gasteiger partial charge in [-0.05, 0) is 44.5 Å². The van der Waals surface area contributed by atoms with Crippen molar-refractivity contribution in [1.82, 2.24) is 24.9 Å². The summed E-state index contributed by atoms with van der Waals surface area (Å²) >= 11 is 6.13. The largest absolute Gasteiger partial charge is 0.455 e. The first-order valence-electron chi connectivity index (χ1n) is 12.8. The third-order valence-corrected chi connectivity index (χ3v) is 7.31. The van der Waals surface area contributed by atoms with Crippen LogP contribution in [0.25, 0.3) is 33.8 Å². The van der Waals surface area contributed by atoms with Crippen molar-refractivity contribution in [2.75, 3.05) is 18.5 Å². The van der Waals surface area contributed by atoms with E-state index in [1.54, 1.807) is 25.3 Å². The van der Waals surface area contributed by atoms with Crippen molar-refractivity contribution < 1.29 is 13.7 Å². The molecule has 0 radical (unpaired) electrons. The summed E-state index contributed by atoms with van der Waals surface area (Å²) in [6, 6.07) is 6.83. The van der Waals surface area contributed by atoms with Crippen LogP contribution in [-0.2, 0) is 11.3 Å². The van der Waals surface area contributed by atoms with Gasteiger partial charge < -0.3 is 14.5 Å². The van der Waals surface area contributed by atoms with Gasteiger partial charge in [-0.1, -0.05) is 29.7 Å². The van der Waals surface area contributed by atoms with Gasteiger partial charge in [0.25, 0.3) is 0 Å². The van der Waals surface area contributed by atoms with Crippen LogP contribution in [0.2, 0.25) is 5.15 Å². The number of benzene rings is 1. The maximum Gasteiger partial charge on any atom is 0.439 e. The molecular weight excluding hydrogens is 536 g/mol. The van der Waals surface area contributed by atoms with E-state index in [9.17, 15) is 9.59 Å². The molecule has 1 aliphatic heterocycles. The Balaban J connectivity index is 1.41. The Bertz CT molecular complexity index is 1870. The molecule has 5 heterocycles. The highest BCUT2D eigenvalue weighted by Crippen LogP contribution is 2.34. The topological polar surface area (TPSA) is 141 Å². The molecular formula is C28H27ClN6O5. The number of rotatable bonds is 7. The lowest BCUT2D eigenvalue weighted by Crippen LogP contribution is -2.43. The summed E-state index contributed by atoms with van der Waals surface area (Å²) in [6.07, 6.45) is 3.63. The van der Waals surface area contributed by atoms with Gasteiger partial charge >= 0.3 is 5.76 Å². The van der Waals surface area contributed by atoms with Crippen LogP contribution in [0.1, 0.15) is 36.6 Å². The Morgan fingerprint density at radius 3 is 2.73 bits per heavy atom. The molecule has 1 fully saturated rings. The van der Waals surface area contributed by atoms with Gasteiger partial charge in [0.2, 0.25) is 5.82 Å². The van der Waals surface area contributed by atoms with E-state index in [4.69, 9.17) is 20.8 Å². The van der Waals surface area contributed by atoms with Crippen molar-refractivity contribution in [3.63, 3.8) is 0 Å². The standard InChI is InChI=1S/C28H27ClN6O5/c1-14-7-18(16(3)31-20-5-6-21(29)32-22(20)26-33-27(37)40-34-26)25-19(8-14)23(36)15(2)24(39-25)17-9-30-35(10-17)11-28(4)12-38-13-28/h5-10,16,31H,11-13H2,1-4H3,(H,33,34,37)/t16-/m1/s1. The van der Waals surface area contributed by atoms with Crippen LogP contribution >= 0.6 is 11.6 Å². The fourth-order valence-corrected chi connectivity index (χ4v) is 5.19. The van der Waals surface area contributed by atoms with Crippen molar-refractivity contribution in [1.29, 1.82) is 0 Å². The highest BCUT2D eigenvalue weighted by molar-refractivity contribution is 6.29. The molecule has 40 heavy (non-hydrogen) atoms. The molecule has 2 N–H and O–H groups in total. The Morgan fingerprint density at radius 2 is 2.02 bits per heavy atom. The number of aromatic amines is 1. The zero-order valence-electron chi connectivity index (χ0n) is 22.4. The summed E-state index contributed by atoms with van der Waals surface area (Å²) < 4.78 is 18.4. The Morgan fingerprint density at radius 1 is 1.23 bits per heavy atom. The minimum absolute atomic E-state index is 0.0444. The number of aromatic nitrogens is 5. The van der Waals surface area contributed by atoms with Crippen LogP contribution in [0.5, 0.6) is 0 Å². The second-order valence-electron chi connectivity index (χ2n) is 10.7. The van der Waals surface area contributed by atoms with E-state index in [0.717, 1.165) is 16.7 Å². The molecule has 0 saturated carbocycles. The maximum absolute atomic E-state index is 13.6. The fraction of sp³-hybridized carbons (Fsp3) is 0.321. The predicted octanol–water partition coefficient (Wildman–Crippen LogP) is 4.87. The molecule has 206 valence electrons. The van der Waals surface area contributed by atoms with Gasteiger partial charge in [-0.25, -0.2) is 9.78 Å². The molecule has 1 aliphatic rings. The summed E-state index contributed by atoms with van der Waals surface area (Å²) in [4.78, 5) is 32.0. The summed E-state index contributed by atoms with van der Waals surface area (Å²) in [7, 11) is 0. The monoisotopic (exact) mass is 562 g/mol. The third-order valence-electron chi connectivity index (χ3n) is 7.10. The lowest BCUT2D eigenvalue weighted by Gasteiger charge is -2.37. The average molecular weight is 563 g/mol. The van der Waals surface area contributed by atoms with Crippen LogP contribution in [0, 0.1) is 19.3 Å². The normalized spacial score (nSPS) is 15.2. The molecule has 0 bridgehead atoms. The molecule has 0 amide bonds. The zero-order chi connectivity index (χ0) is 28.2. The molecule has 0 spiro atoms. The molecule has 1 saturated heterocycles. The summed E-state index contributed by atoms with van der Waals surface area (Å²) in [5.41, 5.74) is 4.22. The second-order valence-corrected chi connectivity index (χ2v) is 11.1. The molecule has 5 aromatic rings. The molecule has 0 aliphatic carbocycles. The van der Waals surface area contributed by atoms with Crippen LogP contribution in [0.4, 0.5) is 5.69 Å². The highest BCUT2D eigenvalue weighted by atomic mass is 35.5. The quantitative estimate of drug-likeness (QED) is 0.265. The van der Waals surface area contributed by atoms with Crippen LogP contribution in [0.15, 0.2) is 55.2 Å². The Kier molecular flexibility index (Phi) is 6.35. The second kappa shape index (κ2) is 9.76. The molecule has 12 heteroatoms. The predicted molar refractivity (Wildman–Crippen MR) is 150 cm³/mol. The third kappa shape index (κ3) is 4.71. The van der Waals surface area contributed by atoms with Crippen molar-refractivity contribution in [2.24, 2.45) is 5.41 Å². The summed E-state index contributed by atoms with van der Waals surface area (Å²) in [6.45, 7) is 9.90. The average Bonchev–Trinajstić information content (AvgIpc) is 3.55. The smallest absolute Gasteiger partial charge is 0.439 e. The number of aryl methyl sites for hydroxylation is 1. The lowest BCUT2D eigenvalue weighted by molar-refractivity contribution is -0.111. The summed E-state index contributed by atoms with van der Waals surface area (Å²) in [5, 5.41) is 12.4. The van der Waals surface area contributed by atoms with E-state index in [1.807, 2.05) is 36.9 Å². The summed E-state index contributed by atoms with van der Waals surface area (Å²) in [5.74, 6) is -0.0891. The Labute approximate surface area is 233 Å². The molecule has 6 rings (SSSR count). The van der Waals surface area contributed by atoms with Gasteiger partial charge in [0.1, 0.15) is 22.2 Å². The lowest BCUT2D eigenvalue weighted by atomic mass is 9.89. The number of anilines is 1. The van der Waals surface area contributed by atoms with Gasteiger partial charge in [-0.3, -0.25) is 19.0 Å². The number of nitrogens with zero attached hydrogens (tertiary/aromatic N) is 4. The molecule has 1 atom stereocenters. The number of fused-ring (bicyclic) bond motifs is 1. The molecule has 4 aromatic heterocycles. The minimum atomic E-state index is -0.705. The molecule has 11 nitrogen and oxygen atoms in total. The maximum atomic E-state index is 13.6. The van der Waals surface area contributed by atoms with Crippen molar-refractivity contribution >= 4 is 28.3 Å². The molecule has 0 unspecified atom stereocenters. The zero-order valence-corrected chi connectivity index (χ0v) is 23.1.